The van der Waals surface area contributed by atoms with Crippen molar-refractivity contribution in [1.82, 2.24) is 20.2 Å². The Hall–Kier alpha value is -3.45. The Labute approximate surface area is 208 Å². The Morgan fingerprint density at radius 3 is 2.74 bits per heavy atom. The molecular weight excluding hydrogens is 456 g/mol. The number of hydrogen-bond acceptors (Lipinski definition) is 4. The number of rotatable bonds is 5. The molecule has 1 unspecified atom stereocenters. The standard InChI is InChI=1S/C28H28N4O2S/c33-26(15-20-16-29-23-8-4-3-7-22(20)23)32-13-11-19(12-14-32)28-31-25(17-35-28)27(34)30-24-10-9-18-5-1-2-6-21(18)24/h1-8,16-17,19,24,29H,9-15H2,(H,30,34). The normalized spacial score (nSPS) is 18.1. The van der Waals surface area contributed by atoms with E-state index < -0.39 is 0 Å². The first-order valence-corrected chi connectivity index (χ1v) is 13.2. The Morgan fingerprint density at radius 1 is 1.06 bits per heavy atom. The molecule has 1 aliphatic carbocycles. The van der Waals surface area contributed by atoms with Gasteiger partial charge in [0.25, 0.3) is 5.91 Å². The number of H-pyrrole nitrogens is 1. The third-order valence-corrected chi connectivity index (χ3v) is 8.41. The van der Waals surface area contributed by atoms with Crippen LogP contribution in [-0.2, 0) is 17.6 Å². The smallest absolute Gasteiger partial charge is 0.271 e. The zero-order valence-corrected chi connectivity index (χ0v) is 20.3. The zero-order valence-electron chi connectivity index (χ0n) is 19.5. The molecule has 1 atom stereocenters. The molecule has 0 spiro atoms. The van der Waals surface area contributed by atoms with E-state index in [0.29, 0.717) is 18.0 Å². The molecule has 1 aliphatic heterocycles. The minimum atomic E-state index is -0.0967. The summed E-state index contributed by atoms with van der Waals surface area (Å²) in [6.07, 6.45) is 6.06. The van der Waals surface area contributed by atoms with Crippen LogP contribution in [0.3, 0.4) is 0 Å². The number of aromatic nitrogens is 2. The van der Waals surface area contributed by atoms with Crippen LogP contribution in [0.4, 0.5) is 0 Å². The SMILES string of the molecule is O=C(NC1CCc2ccccc21)c1csc(C2CCN(C(=O)Cc3c[nH]c4ccccc34)CC2)n1. The predicted molar refractivity (Wildman–Crippen MR) is 138 cm³/mol. The molecule has 0 radical (unpaired) electrons. The molecule has 7 heteroatoms. The molecule has 6 rings (SSSR count). The van der Waals surface area contributed by atoms with Crippen molar-refractivity contribution < 1.29 is 9.59 Å². The van der Waals surface area contributed by atoms with Gasteiger partial charge >= 0.3 is 0 Å². The Bertz CT molecular complexity index is 1380. The second kappa shape index (κ2) is 9.30. The molecule has 3 heterocycles. The lowest BCUT2D eigenvalue weighted by atomic mass is 9.97. The van der Waals surface area contributed by atoms with Crippen molar-refractivity contribution in [2.45, 2.75) is 44.1 Å². The van der Waals surface area contributed by atoms with E-state index >= 15 is 0 Å². The number of aryl methyl sites for hydroxylation is 1. The largest absolute Gasteiger partial charge is 0.361 e. The average Bonchev–Trinajstić information content (AvgIpc) is 3.64. The number of nitrogens with zero attached hydrogens (tertiary/aromatic N) is 2. The molecular formula is C28H28N4O2S. The fourth-order valence-electron chi connectivity index (χ4n) is 5.45. The minimum absolute atomic E-state index is 0.0650. The van der Waals surface area contributed by atoms with E-state index in [4.69, 9.17) is 4.98 Å². The van der Waals surface area contributed by atoms with E-state index in [-0.39, 0.29) is 17.9 Å². The number of para-hydroxylation sites is 1. The molecule has 2 N–H and O–H groups in total. The second-order valence-corrected chi connectivity index (χ2v) is 10.4. The highest BCUT2D eigenvalue weighted by atomic mass is 32.1. The molecule has 1 saturated heterocycles. The maximum Gasteiger partial charge on any atom is 0.271 e. The fraction of sp³-hybridized carbons (Fsp3) is 0.321. The minimum Gasteiger partial charge on any atom is -0.361 e. The lowest BCUT2D eigenvalue weighted by molar-refractivity contribution is -0.131. The number of hydrogen-bond donors (Lipinski definition) is 2. The summed E-state index contributed by atoms with van der Waals surface area (Å²) in [5.41, 5.74) is 5.17. The molecule has 2 aromatic heterocycles. The summed E-state index contributed by atoms with van der Waals surface area (Å²) in [4.78, 5) is 35.7. The number of nitrogens with one attached hydrogen (secondary N) is 2. The number of fused-ring (bicyclic) bond motifs is 2. The first kappa shape index (κ1) is 22.0. The van der Waals surface area contributed by atoms with Gasteiger partial charge in [-0.2, -0.15) is 0 Å². The van der Waals surface area contributed by atoms with Gasteiger partial charge in [0, 0.05) is 41.5 Å². The van der Waals surface area contributed by atoms with Gasteiger partial charge in [0.1, 0.15) is 5.69 Å². The van der Waals surface area contributed by atoms with E-state index in [1.165, 1.54) is 11.1 Å². The molecule has 0 saturated carbocycles. The van der Waals surface area contributed by atoms with E-state index in [9.17, 15) is 9.59 Å². The van der Waals surface area contributed by atoms with Crippen LogP contribution in [0.1, 0.15) is 63.4 Å². The molecule has 0 bridgehead atoms. The van der Waals surface area contributed by atoms with Crippen LogP contribution in [-0.4, -0.2) is 39.8 Å². The zero-order chi connectivity index (χ0) is 23.8. The van der Waals surface area contributed by atoms with Gasteiger partial charge in [0.2, 0.25) is 5.91 Å². The van der Waals surface area contributed by atoms with Gasteiger partial charge < -0.3 is 15.2 Å². The number of amides is 2. The van der Waals surface area contributed by atoms with Gasteiger partial charge in [0.05, 0.1) is 17.5 Å². The summed E-state index contributed by atoms with van der Waals surface area (Å²) >= 11 is 1.56. The molecule has 6 nitrogen and oxygen atoms in total. The highest BCUT2D eigenvalue weighted by Gasteiger charge is 2.28. The van der Waals surface area contributed by atoms with Crippen molar-refractivity contribution in [3.05, 3.63) is 87.5 Å². The van der Waals surface area contributed by atoms with E-state index in [0.717, 1.165) is 60.2 Å². The molecule has 2 aliphatic rings. The van der Waals surface area contributed by atoms with Crippen molar-refractivity contribution in [2.24, 2.45) is 0 Å². The monoisotopic (exact) mass is 484 g/mol. The number of aromatic amines is 1. The summed E-state index contributed by atoms with van der Waals surface area (Å²) < 4.78 is 0. The van der Waals surface area contributed by atoms with E-state index in [1.54, 1.807) is 11.3 Å². The van der Waals surface area contributed by atoms with Gasteiger partial charge in [-0.15, -0.1) is 11.3 Å². The van der Waals surface area contributed by atoms with Gasteiger partial charge in [0.15, 0.2) is 0 Å². The molecule has 178 valence electrons. The number of carbonyl (C=O) groups is 2. The van der Waals surface area contributed by atoms with Crippen LogP contribution < -0.4 is 5.32 Å². The number of thiazole rings is 1. The van der Waals surface area contributed by atoms with Crippen molar-refractivity contribution in [3.63, 3.8) is 0 Å². The van der Waals surface area contributed by atoms with Crippen molar-refractivity contribution in [2.75, 3.05) is 13.1 Å². The summed E-state index contributed by atoms with van der Waals surface area (Å²) in [6.45, 7) is 1.46. The lowest BCUT2D eigenvalue weighted by Crippen LogP contribution is -2.38. The summed E-state index contributed by atoms with van der Waals surface area (Å²) in [7, 11) is 0. The number of carbonyl (C=O) groups excluding carboxylic acids is 2. The van der Waals surface area contributed by atoms with Crippen molar-refractivity contribution in [3.8, 4) is 0 Å². The summed E-state index contributed by atoms with van der Waals surface area (Å²) in [5, 5.41) is 7.17. The predicted octanol–water partition coefficient (Wildman–Crippen LogP) is 4.99. The highest BCUT2D eigenvalue weighted by molar-refractivity contribution is 7.09. The van der Waals surface area contributed by atoms with Gasteiger partial charge in [-0.25, -0.2) is 4.98 Å². The van der Waals surface area contributed by atoms with Crippen LogP contribution in [0.25, 0.3) is 10.9 Å². The van der Waals surface area contributed by atoms with Crippen molar-refractivity contribution in [1.29, 1.82) is 0 Å². The molecule has 4 aromatic rings. The molecule has 35 heavy (non-hydrogen) atoms. The topological polar surface area (TPSA) is 78.1 Å². The third kappa shape index (κ3) is 4.36. The number of piperidine rings is 1. The van der Waals surface area contributed by atoms with Gasteiger partial charge in [-0.05, 0) is 48.4 Å². The van der Waals surface area contributed by atoms with Crippen LogP contribution >= 0.6 is 11.3 Å². The Balaban J connectivity index is 1.04. The lowest BCUT2D eigenvalue weighted by Gasteiger charge is -2.31. The average molecular weight is 485 g/mol. The molecule has 2 amide bonds. The van der Waals surface area contributed by atoms with Crippen LogP contribution in [0.15, 0.2) is 60.1 Å². The van der Waals surface area contributed by atoms with Gasteiger partial charge in [-0.1, -0.05) is 42.5 Å². The summed E-state index contributed by atoms with van der Waals surface area (Å²) in [6, 6.07) is 16.5. The van der Waals surface area contributed by atoms with Gasteiger partial charge in [-0.3, -0.25) is 9.59 Å². The maximum atomic E-state index is 12.9. The van der Waals surface area contributed by atoms with Crippen LogP contribution in [0, 0.1) is 0 Å². The van der Waals surface area contributed by atoms with E-state index in [2.05, 4.69) is 34.6 Å². The Kier molecular flexibility index (Phi) is 5.86. The van der Waals surface area contributed by atoms with E-state index in [1.807, 2.05) is 40.7 Å². The maximum absolute atomic E-state index is 12.9. The Morgan fingerprint density at radius 2 is 1.86 bits per heavy atom. The second-order valence-electron chi connectivity index (χ2n) is 9.53. The highest BCUT2D eigenvalue weighted by Crippen LogP contribution is 2.33. The fourth-order valence-corrected chi connectivity index (χ4v) is 6.42. The van der Waals surface area contributed by atoms with Crippen molar-refractivity contribution >= 4 is 34.1 Å². The first-order valence-electron chi connectivity index (χ1n) is 12.3. The molecule has 1 fully saturated rings. The number of likely N-dealkylation sites (tertiary alicyclic amines) is 1. The third-order valence-electron chi connectivity index (χ3n) is 7.41. The summed E-state index contributed by atoms with van der Waals surface area (Å²) in [5.74, 6) is 0.371. The first-order chi connectivity index (χ1) is 17.2. The van der Waals surface area contributed by atoms with Crippen LogP contribution in [0.2, 0.25) is 0 Å². The number of benzene rings is 2. The quantitative estimate of drug-likeness (QED) is 0.419. The van der Waals surface area contributed by atoms with Crippen LogP contribution in [0.5, 0.6) is 0 Å². The molecule has 2 aromatic carbocycles.